The van der Waals surface area contributed by atoms with E-state index in [9.17, 15) is 0 Å². The smallest absolute Gasteiger partial charge is 0.168 e. The number of benzene rings is 2. The van der Waals surface area contributed by atoms with Gasteiger partial charge in [-0.15, -0.1) is 0 Å². The fourth-order valence-corrected chi connectivity index (χ4v) is 5.61. The fraction of sp³-hybridized carbons (Fsp3) is 0.433. The zero-order valence-corrected chi connectivity index (χ0v) is 22.6. The van der Waals surface area contributed by atoms with E-state index in [0.717, 1.165) is 47.4 Å². The molecule has 194 valence electrons. The molecule has 1 saturated heterocycles. The number of aryl methyl sites for hydroxylation is 2. The van der Waals surface area contributed by atoms with Crippen LogP contribution in [-0.2, 0) is 0 Å². The highest BCUT2D eigenvalue weighted by Crippen LogP contribution is 2.29. The Morgan fingerprint density at radius 2 is 1.54 bits per heavy atom. The molecule has 3 heterocycles. The maximum atomic E-state index is 4.67. The molecule has 0 spiro atoms. The number of hydrogen-bond donors (Lipinski definition) is 1. The van der Waals surface area contributed by atoms with Gasteiger partial charge in [0, 0.05) is 30.5 Å². The summed E-state index contributed by atoms with van der Waals surface area (Å²) >= 11 is 0. The van der Waals surface area contributed by atoms with E-state index in [2.05, 4.69) is 100 Å². The van der Waals surface area contributed by atoms with Crippen LogP contribution in [0, 0.1) is 13.8 Å². The van der Waals surface area contributed by atoms with Crippen molar-refractivity contribution in [1.82, 2.24) is 24.6 Å². The molecule has 0 atom stereocenters. The van der Waals surface area contributed by atoms with Crippen LogP contribution in [-0.4, -0.2) is 56.9 Å². The number of piperidine rings is 1. The van der Waals surface area contributed by atoms with Crippen LogP contribution >= 0.6 is 0 Å². The Bertz CT molecular complexity index is 1290. The Morgan fingerprint density at radius 1 is 0.892 bits per heavy atom. The molecular weight excluding hydrogens is 458 g/mol. The first kappa shape index (κ1) is 25.2. The second kappa shape index (κ2) is 11.3. The van der Waals surface area contributed by atoms with Crippen LogP contribution in [0.15, 0.2) is 55.0 Å². The monoisotopic (exact) mass is 497 g/mol. The van der Waals surface area contributed by atoms with E-state index in [-0.39, 0.29) is 0 Å². The molecule has 0 saturated carbocycles. The standard InChI is InChI=1S/C30H39N7/c1-5-16-35(17-6-2)25-14-18-36(19-15-25)24-10-12-26(13-11-24)37-30-27(20-33-37)29(31-21-32-30)34-28-22(3)8-7-9-23(28)4/h7-13,20-21,25H,5-6,14-19H2,1-4H3,(H,31,32,34). The van der Waals surface area contributed by atoms with Crippen molar-refractivity contribution in [2.45, 2.75) is 59.4 Å². The van der Waals surface area contributed by atoms with Crippen molar-refractivity contribution in [3.05, 3.63) is 66.1 Å². The van der Waals surface area contributed by atoms with Crippen LogP contribution in [0.1, 0.15) is 50.7 Å². The second-order valence-corrected chi connectivity index (χ2v) is 10.2. The normalized spacial score (nSPS) is 14.6. The summed E-state index contributed by atoms with van der Waals surface area (Å²) in [7, 11) is 0. The highest BCUT2D eigenvalue weighted by atomic mass is 15.3. The van der Waals surface area contributed by atoms with Gasteiger partial charge in [-0.2, -0.15) is 5.10 Å². The number of anilines is 3. The highest BCUT2D eigenvalue weighted by molar-refractivity contribution is 5.89. The molecule has 0 amide bonds. The summed E-state index contributed by atoms with van der Waals surface area (Å²) in [4.78, 5) is 14.3. The molecule has 7 heteroatoms. The van der Waals surface area contributed by atoms with Gasteiger partial charge in [0.2, 0.25) is 0 Å². The van der Waals surface area contributed by atoms with E-state index in [1.807, 2.05) is 10.9 Å². The van der Waals surface area contributed by atoms with E-state index < -0.39 is 0 Å². The zero-order valence-electron chi connectivity index (χ0n) is 22.6. The van der Waals surface area contributed by atoms with Gasteiger partial charge in [0.05, 0.1) is 17.3 Å². The molecule has 1 aliphatic heterocycles. The molecule has 1 aliphatic rings. The van der Waals surface area contributed by atoms with Crippen LogP contribution in [0.5, 0.6) is 0 Å². The summed E-state index contributed by atoms with van der Waals surface area (Å²) in [6.45, 7) is 13.4. The van der Waals surface area contributed by atoms with Gasteiger partial charge in [-0.3, -0.25) is 0 Å². The topological polar surface area (TPSA) is 62.1 Å². The Morgan fingerprint density at radius 3 is 2.19 bits per heavy atom. The summed E-state index contributed by atoms with van der Waals surface area (Å²) in [5.74, 6) is 0.772. The number of nitrogens with one attached hydrogen (secondary N) is 1. The van der Waals surface area contributed by atoms with Crippen molar-refractivity contribution in [2.75, 3.05) is 36.4 Å². The van der Waals surface area contributed by atoms with E-state index in [1.54, 1.807) is 6.33 Å². The zero-order chi connectivity index (χ0) is 25.8. The first-order valence-electron chi connectivity index (χ1n) is 13.7. The van der Waals surface area contributed by atoms with Crippen molar-refractivity contribution in [3.8, 4) is 5.69 Å². The Labute approximate surface area is 220 Å². The Hall–Kier alpha value is -3.45. The molecule has 0 bridgehead atoms. The third kappa shape index (κ3) is 5.32. The van der Waals surface area contributed by atoms with Gasteiger partial charge in [-0.05, 0) is 88.0 Å². The summed E-state index contributed by atoms with van der Waals surface area (Å²) in [6.07, 6.45) is 8.39. The molecule has 0 radical (unpaired) electrons. The SMILES string of the molecule is CCCN(CCC)C1CCN(c2ccc(-n3ncc4c(Nc5c(C)cccc5C)ncnc43)cc2)CC1. The van der Waals surface area contributed by atoms with Gasteiger partial charge in [0.1, 0.15) is 12.1 Å². The van der Waals surface area contributed by atoms with Crippen molar-refractivity contribution in [3.63, 3.8) is 0 Å². The van der Waals surface area contributed by atoms with E-state index >= 15 is 0 Å². The minimum absolute atomic E-state index is 0.719. The molecule has 1 N–H and O–H groups in total. The predicted molar refractivity (Wildman–Crippen MR) is 153 cm³/mol. The number of para-hydroxylation sites is 1. The first-order valence-corrected chi connectivity index (χ1v) is 13.7. The van der Waals surface area contributed by atoms with Gasteiger partial charge < -0.3 is 15.1 Å². The van der Waals surface area contributed by atoms with E-state index in [1.165, 1.54) is 55.6 Å². The summed E-state index contributed by atoms with van der Waals surface area (Å²) < 4.78 is 1.90. The maximum Gasteiger partial charge on any atom is 0.168 e. The van der Waals surface area contributed by atoms with E-state index in [0.29, 0.717) is 0 Å². The van der Waals surface area contributed by atoms with Crippen LogP contribution in [0.25, 0.3) is 16.7 Å². The second-order valence-electron chi connectivity index (χ2n) is 10.2. The van der Waals surface area contributed by atoms with Gasteiger partial charge in [-0.1, -0.05) is 32.0 Å². The molecule has 37 heavy (non-hydrogen) atoms. The van der Waals surface area contributed by atoms with Gasteiger partial charge in [0.15, 0.2) is 5.65 Å². The van der Waals surface area contributed by atoms with Gasteiger partial charge in [-0.25, -0.2) is 14.6 Å². The van der Waals surface area contributed by atoms with Crippen LogP contribution in [0.2, 0.25) is 0 Å². The third-order valence-electron chi connectivity index (χ3n) is 7.55. The van der Waals surface area contributed by atoms with Crippen LogP contribution < -0.4 is 10.2 Å². The average molecular weight is 498 g/mol. The lowest BCUT2D eigenvalue weighted by atomic mass is 10.0. The molecule has 2 aromatic carbocycles. The molecule has 7 nitrogen and oxygen atoms in total. The van der Waals surface area contributed by atoms with Crippen molar-refractivity contribution in [2.24, 2.45) is 0 Å². The third-order valence-corrected chi connectivity index (χ3v) is 7.55. The van der Waals surface area contributed by atoms with Gasteiger partial charge in [0.25, 0.3) is 0 Å². The number of hydrogen-bond acceptors (Lipinski definition) is 6. The molecule has 5 rings (SSSR count). The van der Waals surface area contributed by atoms with Crippen molar-refractivity contribution >= 4 is 28.2 Å². The molecule has 1 fully saturated rings. The molecule has 2 aromatic heterocycles. The molecular formula is C30H39N7. The van der Waals surface area contributed by atoms with Crippen molar-refractivity contribution < 1.29 is 0 Å². The summed E-state index contributed by atoms with van der Waals surface area (Å²) in [5, 5.41) is 9.09. The number of fused-ring (bicyclic) bond motifs is 1. The molecule has 4 aromatic rings. The summed E-state index contributed by atoms with van der Waals surface area (Å²) in [5.41, 5.74) is 6.52. The lowest BCUT2D eigenvalue weighted by Gasteiger charge is -2.39. The molecule has 0 aliphatic carbocycles. The minimum Gasteiger partial charge on any atom is -0.371 e. The Kier molecular flexibility index (Phi) is 7.70. The van der Waals surface area contributed by atoms with E-state index in [4.69, 9.17) is 0 Å². The largest absolute Gasteiger partial charge is 0.371 e. The number of aromatic nitrogens is 4. The minimum atomic E-state index is 0.719. The average Bonchev–Trinajstić information content (AvgIpc) is 3.36. The fourth-order valence-electron chi connectivity index (χ4n) is 5.61. The highest BCUT2D eigenvalue weighted by Gasteiger charge is 2.24. The quantitative estimate of drug-likeness (QED) is 0.294. The van der Waals surface area contributed by atoms with Gasteiger partial charge >= 0.3 is 0 Å². The Balaban J connectivity index is 1.31. The van der Waals surface area contributed by atoms with Crippen LogP contribution in [0.4, 0.5) is 17.2 Å². The lowest BCUT2D eigenvalue weighted by Crippen LogP contribution is -2.45. The lowest BCUT2D eigenvalue weighted by molar-refractivity contribution is 0.169. The number of nitrogens with zero attached hydrogens (tertiary/aromatic N) is 6. The maximum absolute atomic E-state index is 4.67. The number of rotatable bonds is 9. The van der Waals surface area contributed by atoms with Crippen molar-refractivity contribution in [1.29, 1.82) is 0 Å². The summed E-state index contributed by atoms with van der Waals surface area (Å²) in [6, 6.07) is 15.7. The van der Waals surface area contributed by atoms with Crippen LogP contribution in [0.3, 0.4) is 0 Å². The first-order chi connectivity index (χ1) is 18.1. The predicted octanol–water partition coefficient (Wildman–Crippen LogP) is 6.27. The molecule has 0 unspecified atom stereocenters.